The lowest BCUT2D eigenvalue weighted by atomic mass is 9.99. The van der Waals surface area contributed by atoms with Crippen LogP contribution in [0.15, 0.2) is 42.5 Å². The number of hydrogen-bond acceptors (Lipinski definition) is 3. The molecule has 4 nitrogen and oxygen atoms in total. The molecule has 1 amide bonds. The number of benzene rings is 2. The maximum atomic E-state index is 14.1. The third kappa shape index (κ3) is 4.61. The van der Waals surface area contributed by atoms with Gasteiger partial charge in [0, 0.05) is 29.3 Å². The van der Waals surface area contributed by atoms with Gasteiger partial charge in [0.2, 0.25) is 0 Å². The quantitative estimate of drug-likeness (QED) is 0.814. The predicted molar refractivity (Wildman–Crippen MR) is 104 cm³/mol. The van der Waals surface area contributed by atoms with Crippen molar-refractivity contribution in [3.8, 4) is 11.1 Å². The number of Topliss-reactive ketones (excluding diaryl/α,β-unsaturated/α-hetero) is 1. The third-order valence-corrected chi connectivity index (χ3v) is 5.25. The average molecular weight is 368 g/mol. The number of nitrogens with one attached hydrogen (secondary N) is 1. The normalized spacial score (nSPS) is 17.5. The first kappa shape index (κ1) is 19.2. The van der Waals surface area contributed by atoms with Gasteiger partial charge in [-0.2, -0.15) is 0 Å². The Morgan fingerprint density at radius 1 is 1.11 bits per heavy atom. The Morgan fingerprint density at radius 2 is 1.81 bits per heavy atom. The van der Waals surface area contributed by atoms with E-state index in [1.807, 2.05) is 0 Å². The van der Waals surface area contributed by atoms with Crippen molar-refractivity contribution < 1.29 is 14.0 Å². The summed E-state index contributed by atoms with van der Waals surface area (Å²) < 4.78 is 14.1. The third-order valence-electron chi connectivity index (χ3n) is 5.25. The molecule has 1 saturated heterocycles. The molecule has 0 saturated carbocycles. The molecule has 1 aliphatic rings. The minimum atomic E-state index is -0.391. The van der Waals surface area contributed by atoms with Crippen LogP contribution in [0.4, 0.5) is 4.39 Å². The SMILES string of the molecule is CC(=O)c1ccc(F)c(-c2ccc(C(=O)NCC3CCCCN3C)cc2)c1. The summed E-state index contributed by atoms with van der Waals surface area (Å²) >= 11 is 0. The number of likely N-dealkylation sites (N-methyl/N-ethyl adjacent to an activating group) is 1. The number of amides is 1. The molecule has 3 rings (SSSR count). The number of piperidine rings is 1. The van der Waals surface area contributed by atoms with Crippen molar-refractivity contribution in [1.82, 2.24) is 10.2 Å². The minimum absolute atomic E-state index is 0.111. The zero-order valence-electron chi connectivity index (χ0n) is 15.8. The highest BCUT2D eigenvalue weighted by atomic mass is 19.1. The molecule has 2 aromatic rings. The molecule has 1 N–H and O–H groups in total. The molecule has 0 radical (unpaired) electrons. The second-order valence-electron chi connectivity index (χ2n) is 7.17. The maximum absolute atomic E-state index is 14.1. The van der Waals surface area contributed by atoms with Crippen LogP contribution in [0.3, 0.4) is 0 Å². The van der Waals surface area contributed by atoms with Crippen molar-refractivity contribution >= 4 is 11.7 Å². The molecule has 27 heavy (non-hydrogen) atoms. The van der Waals surface area contributed by atoms with Gasteiger partial charge in [-0.25, -0.2) is 4.39 Å². The van der Waals surface area contributed by atoms with Gasteiger partial charge >= 0.3 is 0 Å². The highest BCUT2D eigenvalue weighted by Gasteiger charge is 2.19. The number of rotatable bonds is 5. The zero-order valence-corrected chi connectivity index (χ0v) is 15.8. The van der Waals surface area contributed by atoms with Gasteiger partial charge < -0.3 is 10.2 Å². The van der Waals surface area contributed by atoms with E-state index >= 15 is 0 Å². The van der Waals surface area contributed by atoms with Crippen LogP contribution >= 0.6 is 0 Å². The second kappa shape index (κ2) is 8.44. The number of ketones is 1. The fraction of sp³-hybridized carbons (Fsp3) is 0.364. The topological polar surface area (TPSA) is 49.4 Å². The molecule has 2 aromatic carbocycles. The van der Waals surface area contributed by atoms with Crippen LogP contribution in [-0.4, -0.2) is 42.8 Å². The lowest BCUT2D eigenvalue weighted by molar-refractivity contribution is 0.0928. The van der Waals surface area contributed by atoms with E-state index in [9.17, 15) is 14.0 Å². The lowest BCUT2D eigenvalue weighted by Gasteiger charge is -2.32. The highest BCUT2D eigenvalue weighted by molar-refractivity contribution is 5.96. The smallest absolute Gasteiger partial charge is 0.251 e. The first-order valence-corrected chi connectivity index (χ1v) is 9.35. The summed E-state index contributed by atoms with van der Waals surface area (Å²) in [6, 6.07) is 11.5. The number of carbonyl (C=O) groups is 2. The number of carbonyl (C=O) groups excluding carboxylic acids is 2. The predicted octanol–water partition coefficient (Wildman–Crippen LogP) is 3.91. The van der Waals surface area contributed by atoms with E-state index in [0.717, 1.165) is 13.0 Å². The summed E-state index contributed by atoms with van der Waals surface area (Å²) in [4.78, 5) is 26.2. The Bertz CT molecular complexity index is 833. The van der Waals surface area contributed by atoms with Gasteiger partial charge in [0.05, 0.1) is 0 Å². The summed E-state index contributed by atoms with van der Waals surface area (Å²) in [5.41, 5.74) is 2.00. The number of hydrogen-bond donors (Lipinski definition) is 1. The van der Waals surface area contributed by atoms with Gasteiger partial charge in [-0.3, -0.25) is 9.59 Å². The second-order valence-corrected chi connectivity index (χ2v) is 7.17. The number of halogens is 1. The van der Waals surface area contributed by atoms with Crippen molar-refractivity contribution in [3.63, 3.8) is 0 Å². The minimum Gasteiger partial charge on any atom is -0.350 e. The van der Waals surface area contributed by atoms with Crippen LogP contribution in [0.1, 0.15) is 46.9 Å². The van der Waals surface area contributed by atoms with Crippen molar-refractivity contribution in [2.45, 2.75) is 32.2 Å². The number of likely N-dealkylation sites (tertiary alicyclic amines) is 1. The Hall–Kier alpha value is -2.53. The number of nitrogens with zero attached hydrogens (tertiary/aromatic N) is 1. The summed E-state index contributed by atoms with van der Waals surface area (Å²) in [6.45, 7) is 3.15. The molecular weight excluding hydrogens is 343 g/mol. The summed E-state index contributed by atoms with van der Waals surface area (Å²) in [5, 5.41) is 2.99. The summed E-state index contributed by atoms with van der Waals surface area (Å²) in [5.74, 6) is -0.629. The molecule has 142 valence electrons. The first-order valence-electron chi connectivity index (χ1n) is 9.35. The molecule has 0 spiro atoms. The molecule has 0 bridgehead atoms. The van der Waals surface area contributed by atoms with E-state index in [4.69, 9.17) is 0 Å². The lowest BCUT2D eigenvalue weighted by Crippen LogP contribution is -2.44. The Morgan fingerprint density at radius 3 is 2.48 bits per heavy atom. The molecular formula is C22H25FN2O2. The van der Waals surface area contributed by atoms with Crippen LogP contribution < -0.4 is 5.32 Å². The molecule has 1 aliphatic heterocycles. The van der Waals surface area contributed by atoms with E-state index in [2.05, 4.69) is 17.3 Å². The van der Waals surface area contributed by atoms with E-state index in [-0.39, 0.29) is 11.7 Å². The summed E-state index contributed by atoms with van der Waals surface area (Å²) in [6.07, 6.45) is 3.51. The van der Waals surface area contributed by atoms with Gasteiger partial charge in [-0.05, 0) is 69.3 Å². The van der Waals surface area contributed by atoms with Gasteiger partial charge in [-0.1, -0.05) is 18.6 Å². The van der Waals surface area contributed by atoms with Crippen LogP contribution in [0.2, 0.25) is 0 Å². The maximum Gasteiger partial charge on any atom is 0.251 e. The fourth-order valence-corrected chi connectivity index (χ4v) is 3.48. The van der Waals surface area contributed by atoms with Crippen molar-refractivity contribution in [1.29, 1.82) is 0 Å². The van der Waals surface area contributed by atoms with Gasteiger partial charge in [0.15, 0.2) is 5.78 Å². The molecule has 0 aliphatic carbocycles. The molecule has 0 aromatic heterocycles. The standard InChI is InChI=1S/C22H25FN2O2/c1-15(26)18-10-11-21(23)20(13-18)16-6-8-17(9-7-16)22(27)24-14-19-5-3-4-12-25(19)2/h6-11,13,19H,3-5,12,14H2,1-2H3,(H,24,27). The first-order chi connectivity index (χ1) is 13.0. The fourth-order valence-electron chi connectivity index (χ4n) is 3.48. The summed E-state index contributed by atoms with van der Waals surface area (Å²) in [7, 11) is 2.09. The van der Waals surface area contributed by atoms with Gasteiger partial charge in [-0.15, -0.1) is 0 Å². The van der Waals surface area contributed by atoms with E-state index in [1.54, 1.807) is 30.3 Å². The average Bonchev–Trinajstić information content (AvgIpc) is 2.67. The Balaban J connectivity index is 1.69. The molecule has 1 atom stereocenters. The van der Waals surface area contributed by atoms with Gasteiger partial charge in [0.1, 0.15) is 5.82 Å². The van der Waals surface area contributed by atoms with Crippen molar-refractivity contribution in [3.05, 3.63) is 59.4 Å². The molecule has 5 heteroatoms. The molecule has 1 unspecified atom stereocenters. The molecule has 1 heterocycles. The molecule has 1 fully saturated rings. The Kier molecular flexibility index (Phi) is 6.01. The van der Waals surface area contributed by atoms with E-state index in [0.29, 0.717) is 34.8 Å². The van der Waals surface area contributed by atoms with Crippen LogP contribution in [-0.2, 0) is 0 Å². The monoisotopic (exact) mass is 368 g/mol. The van der Waals surface area contributed by atoms with Crippen LogP contribution in [0, 0.1) is 5.82 Å². The zero-order chi connectivity index (χ0) is 19.4. The van der Waals surface area contributed by atoms with E-state index in [1.165, 1.54) is 31.9 Å². The van der Waals surface area contributed by atoms with Gasteiger partial charge in [0.25, 0.3) is 5.91 Å². The largest absolute Gasteiger partial charge is 0.350 e. The van der Waals surface area contributed by atoms with Crippen LogP contribution in [0.5, 0.6) is 0 Å². The van der Waals surface area contributed by atoms with Crippen molar-refractivity contribution in [2.24, 2.45) is 0 Å². The van der Waals surface area contributed by atoms with E-state index < -0.39 is 5.82 Å². The van der Waals surface area contributed by atoms with Crippen LogP contribution in [0.25, 0.3) is 11.1 Å². The van der Waals surface area contributed by atoms with Crippen molar-refractivity contribution in [2.75, 3.05) is 20.1 Å². The Labute approximate surface area is 159 Å². The highest BCUT2D eigenvalue weighted by Crippen LogP contribution is 2.25.